The molecule has 5 nitrogen and oxygen atoms in total. The fraction of sp³-hybridized carbons (Fsp3) is 0.364. The lowest BCUT2D eigenvalue weighted by Crippen LogP contribution is -2.58. The van der Waals surface area contributed by atoms with Crippen molar-refractivity contribution in [1.82, 2.24) is 9.97 Å². The quantitative estimate of drug-likeness (QED) is 0.484. The molecule has 4 rings (SSSR count). The number of aromatic nitrogens is 2. The lowest BCUT2D eigenvalue weighted by atomic mass is 9.63. The molecular weight excluding hydrogens is 431 g/mol. The van der Waals surface area contributed by atoms with Crippen LogP contribution in [0.25, 0.3) is 10.9 Å². The van der Waals surface area contributed by atoms with E-state index in [1.165, 1.54) is 18.3 Å². The number of halogens is 4. The molecular formula is C22H21ClF3N3O2. The minimum Gasteiger partial charge on any atom is -0.506 e. The van der Waals surface area contributed by atoms with Crippen molar-refractivity contribution in [3.63, 3.8) is 0 Å². The summed E-state index contributed by atoms with van der Waals surface area (Å²) in [6.45, 7) is 4.81. The van der Waals surface area contributed by atoms with E-state index in [4.69, 9.17) is 11.6 Å². The lowest BCUT2D eigenvalue weighted by Gasteiger charge is -2.49. The van der Waals surface area contributed by atoms with Crippen LogP contribution in [0.1, 0.15) is 43.3 Å². The van der Waals surface area contributed by atoms with Gasteiger partial charge in [-0.1, -0.05) is 37.6 Å². The Kier molecular flexibility index (Phi) is 4.86. The zero-order valence-electron chi connectivity index (χ0n) is 17.0. The van der Waals surface area contributed by atoms with E-state index < -0.39 is 29.7 Å². The van der Waals surface area contributed by atoms with Gasteiger partial charge in [0.2, 0.25) is 0 Å². The maximum absolute atomic E-state index is 14.3. The average molecular weight is 452 g/mol. The molecule has 1 heterocycles. The van der Waals surface area contributed by atoms with E-state index in [1.807, 2.05) is 0 Å². The highest BCUT2D eigenvalue weighted by Crippen LogP contribution is 2.57. The molecule has 0 aliphatic heterocycles. The number of anilines is 1. The van der Waals surface area contributed by atoms with Gasteiger partial charge in [-0.05, 0) is 42.5 Å². The molecule has 0 spiro atoms. The molecule has 31 heavy (non-hydrogen) atoms. The van der Waals surface area contributed by atoms with Gasteiger partial charge in [-0.15, -0.1) is 0 Å². The van der Waals surface area contributed by atoms with Crippen LogP contribution in [-0.2, 0) is 5.41 Å². The van der Waals surface area contributed by atoms with E-state index in [0.29, 0.717) is 22.4 Å². The van der Waals surface area contributed by atoms with Gasteiger partial charge in [0.1, 0.15) is 11.6 Å². The van der Waals surface area contributed by atoms with E-state index in [-0.39, 0.29) is 21.9 Å². The SMILES string of the molecule is Cc1ncc2c(NC3c4ccc(Cl)c(O)c4C(C)(C)CC3(O)C(F)(F)F)cccc2n1. The number of aromatic hydroxyl groups is 1. The van der Waals surface area contributed by atoms with Crippen LogP contribution in [0, 0.1) is 6.92 Å². The Balaban J connectivity index is 1.95. The number of benzene rings is 2. The summed E-state index contributed by atoms with van der Waals surface area (Å²) in [5.74, 6) is 0.248. The molecule has 1 aliphatic rings. The second kappa shape index (κ2) is 6.97. The maximum atomic E-state index is 14.3. The molecule has 0 saturated heterocycles. The van der Waals surface area contributed by atoms with Crippen molar-refractivity contribution in [3.05, 3.63) is 58.5 Å². The normalized spacial score (nSPS) is 22.9. The molecule has 0 saturated carbocycles. The first-order chi connectivity index (χ1) is 14.3. The summed E-state index contributed by atoms with van der Waals surface area (Å²) in [5.41, 5.74) is -2.99. The van der Waals surface area contributed by atoms with Crippen LogP contribution in [0.5, 0.6) is 5.75 Å². The van der Waals surface area contributed by atoms with E-state index in [9.17, 15) is 23.4 Å². The first-order valence-corrected chi connectivity index (χ1v) is 10.0. The maximum Gasteiger partial charge on any atom is 0.419 e. The number of phenols is 1. The number of nitrogens with zero attached hydrogens (tertiary/aromatic N) is 2. The first-order valence-electron chi connectivity index (χ1n) is 9.65. The number of alkyl halides is 3. The van der Waals surface area contributed by atoms with Crippen molar-refractivity contribution >= 4 is 28.2 Å². The fourth-order valence-electron chi connectivity index (χ4n) is 4.54. The van der Waals surface area contributed by atoms with Gasteiger partial charge in [0.15, 0.2) is 5.60 Å². The molecule has 2 atom stereocenters. The second-order valence-electron chi connectivity index (χ2n) is 8.58. The molecule has 2 unspecified atom stereocenters. The summed E-state index contributed by atoms with van der Waals surface area (Å²) in [6.07, 6.45) is -4.07. The summed E-state index contributed by atoms with van der Waals surface area (Å²) in [6, 6.07) is 6.15. The third-order valence-electron chi connectivity index (χ3n) is 5.87. The van der Waals surface area contributed by atoms with Gasteiger partial charge < -0.3 is 15.5 Å². The predicted molar refractivity (Wildman–Crippen MR) is 112 cm³/mol. The standard InChI is InChI=1S/C22H21ClF3N3O2/c1-11-27-9-13-15(28-11)5-4-6-16(13)29-19-12-7-8-14(23)18(30)17(12)20(2,3)10-21(19,31)22(24,25)26/h4-9,19,29-31H,10H2,1-3H3. The van der Waals surface area contributed by atoms with Gasteiger partial charge in [-0.3, -0.25) is 0 Å². The minimum atomic E-state index is -4.94. The fourth-order valence-corrected chi connectivity index (χ4v) is 4.70. The highest BCUT2D eigenvalue weighted by atomic mass is 35.5. The van der Waals surface area contributed by atoms with Gasteiger partial charge in [-0.2, -0.15) is 13.2 Å². The van der Waals surface area contributed by atoms with Crippen LogP contribution in [0.3, 0.4) is 0 Å². The Labute approximate surface area is 181 Å². The van der Waals surface area contributed by atoms with Crippen molar-refractivity contribution in [2.45, 2.75) is 50.4 Å². The molecule has 0 amide bonds. The topological polar surface area (TPSA) is 78.3 Å². The Morgan fingerprint density at radius 2 is 1.90 bits per heavy atom. The predicted octanol–water partition coefficient (Wildman–Crippen LogP) is 5.43. The Bertz CT molecular complexity index is 1180. The van der Waals surface area contributed by atoms with E-state index >= 15 is 0 Å². The summed E-state index contributed by atoms with van der Waals surface area (Å²) in [7, 11) is 0. The van der Waals surface area contributed by atoms with Crippen molar-refractivity contribution in [3.8, 4) is 5.75 Å². The number of fused-ring (bicyclic) bond motifs is 2. The molecule has 3 N–H and O–H groups in total. The van der Waals surface area contributed by atoms with Gasteiger partial charge in [0.05, 0.1) is 16.6 Å². The van der Waals surface area contributed by atoms with Gasteiger partial charge in [-0.25, -0.2) is 9.97 Å². The number of rotatable bonds is 2. The smallest absolute Gasteiger partial charge is 0.419 e. The molecule has 1 aromatic heterocycles. The zero-order chi connectivity index (χ0) is 22.8. The highest BCUT2D eigenvalue weighted by Gasteiger charge is 2.64. The molecule has 0 bridgehead atoms. The lowest BCUT2D eigenvalue weighted by molar-refractivity contribution is -0.275. The molecule has 0 radical (unpaired) electrons. The van der Waals surface area contributed by atoms with Crippen molar-refractivity contribution in [1.29, 1.82) is 0 Å². The van der Waals surface area contributed by atoms with Crippen LogP contribution in [0.15, 0.2) is 36.5 Å². The molecule has 9 heteroatoms. The summed E-state index contributed by atoms with van der Waals surface area (Å²) in [5, 5.41) is 25.1. The average Bonchev–Trinajstić information content (AvgIpc) is 2.65. The Morgan fingerprint density at radius 3 is 2.58 bits per heavy atom. The molecule has 3 aromatic rings. The van der Waals surface area contributed by atoms with E-state index in [0.717, 1.165) is 0 Å². The molecule has 2 aromatic carbocycles. The van der Waals surface area contributed by atoms with Crippen LogP contribution < -0.4 is 5.32 Å². The van der Waals surface area contributed by atoms with Crippen molar-refractivity contribution in [2.24, 2.45) is 0 Å². The van der Waals surface area contributed by atoms with Gasteiger partial charge in [0, 0.05) is 22.8 Å². The molecule has 1 aliphatic carbocycles. The van der Waals surface area contributed by atoms with Gasteiger partial charge in [0.25, 0.3) is 0 Å². The van der Waals surface area contributed by atoms with Gasteiger partial charge >= 0.3 is 6.18 Å². The summed E-state index contributed by atoms with van der Waals surface area (Å²) >= 11 is 6.06. The third kappa shape index (κ3) is 3.38. The Hall–Kier alpha value is -2.58. The number of aliphatic hydroxyl groups is 1. The van der Waals surface area contributed by atoms with Crippen LogP contribution >= 0.6 is 11.6 Å². The minimum absolute atomic E-state index is 0.0389. The summed E-state index contributed by atoms with van der Waals surface area (Å²) < 4.78 is 42.8. The van der Waals surface area contributed by atoms with Crippen molar-refractivity contribution < 1.29 is 23.4 Å². The number of aryl methyl sites for hydroxylation is 1. The van der Waals surface area contributed by atoms with Crippen molar-refractivity contribution in [2.75, 3.05) is 5.32 Å². The zero-order valence-corrected chi connectivity index (χ0v) is 17.8. The number of hydrogen-bond donors (Lipinski definition) is 3. The Morgan fingerprint density at radius 1 is 1.19 bits per heavy atom. The van der Waals surface area contributed by atoms with Crippen LogP contribution in [0.4, 0.5) is 18.9 Å². The first kappa shape index (κ1) is 21.6. The third-order valence-corrected chi connectivity index (χ3v) is 6.18. The monoisotopic (exact) mass is 451 g/mol. The highest BCUT2D eigenvalue weighted by molar-refractivity contribution is 6.32. The number of nitrogens with one attached hydrogen (secondary N) is 1. The molecule has 164 valence electrons. The summed E-state index contributed by atoms with van der Waals surface area (Å²) in [4.78, 5) is 8.46. The largest absolute Gasteiger partial charge is 0.506 e. The molecule has 0 fully saturated rings. The number of hydrogen-bond acceptors (Lipinski definition) is 5. The van der Waals surface area contributed by atoms with E-state index in [2.05, 4.69) is 15.3 Å². The second-order valence-corrected chi connectivity index (χ2v) is 8.98. The van der Waals surface area contributed by atoms with E-state index in [1.54, 1.807) is 39.0 Å². The van der Waals surface area contributed by atoms with Crippen LogP contribution in [0.2, 0.25) is 5.02 Å². The van der Waals surface area contributed by atoms with Crippen LogP contribution in [-0.4, -0.2) is 32.0 Å². The number of phenolic OH excluding ortho intramolecular Hbond substituents is 1.